The van der Waals surface area contributed by atoms with E-state index in [2.05, 4.69) is 15.2 Å². The summed E-state index contributed by atoms with van der Waals surface area (Å²) in [7, 11) is 0. The molecule has 0 fully saturated rings. The molecule has 0 spiro atoms. The van der Waals surface area contributed by atoms with Crippen molar-refractivity contribution in [1.29, 1.82) is 0 Å². The lowest BCUT2D eigenvalue weighted by molar-refractivity contribution is 0.422. The quantitative estimate of drug-likeness (QED) is 0.768. The van der Waals surface area contributed by atoms with E-state index in [4.69, 9.17) is 23.2 Å². The molecule has 0 bridgehead atoms. The first kappa shape index (κ1) is 13.8. The van der Waals surface area contributed by atoms with Gasteiger partial charge in [-0.3, -0.25) is 0 Å². The van der Waals surface area contributed by atoms with Crippen LogP contribution in [-0.4, -0.2) is 20.3 Å². The molecule has 0 saturated carbocycles. The fourth-order valence-electron chi connectivity index (χ4n) is 1.93. The highest BCUT2D eigenvalue weighted by molar-refractivity contribution is 6.31. The normalized spacial score (nSPS) is 10.6. The molecule has 0 aliphatic rings. The third kappa shape index (κ3) is 2.96. The standard InChI is InChI=1S/C15H9Cl2N3O/c16-11-5-1-9(2-6-11)13-14(19-20-15(21)18-13)10-3-7-12(17)8-4-10/h1-8H,(H,18,20,21). The third-order valence-electron chi connectivity index (χ3n) is 2.91. The third-order valence-corrected chi connectivity index (χ3v) is 3.41. The van der Waals surface area contributed by atoms with Gasteiger partial charge in [0.1, 0.15) is 11.4 Å². The lowest BCUT2D eigenvalue weighted by Crippen LogP contribution is -1.96. The maximum atomic E-state index is 9.51. The predicted octanol–water partition coefficient (Wildman–Crippen LogP) is 4.22. The molecular weight excluding hydrogens is 309 g/mol. The largest absolute Gasteiger partial charge is 0.478 e. The molecule has 0 aliphatic heterocycles. The summed E-state index contributed by atoms with van der Waals surface area (Å²) in [6.07, 6.45) is 0. The van der Waals surface area contributed by atoms with E-state index in [1.54, 1.807) is 24.3 Å². The average molecular weight is 318 g/mol. The minimum atomic E-state index is -0.377. The molecule has 104 valence electrons. The fourth-order valence-corrected chi connectivity index (χ4v) is 2.18. The van der Waals surface area contributed by atoms with Crippen molar-refractivity contribution in [3.63, 3.8) is 0 Å². The van der Waals surface area contributed by atoms with Gasteiger partial charge in [0.2, 0.25) is 0 Å². The van der Waals surface area contributed by atoms with Gasteiger partial charge < -0.3 is 5.11 Å². The lowest BCUT2D eigenvalue weighted by Gasteiger charge is -2.07. The maximum absolute atomic E-state index is 9.51. The summed E-state index contributed by atoms with van der Waals surface area (Å²) in [5.74, 6) is 0. The van der Waals surface area contributed by atoms with Gasteiger partial charge in [-0.15, -0.1) is 5.10 Å². The van der Waals surface area contributed by atoms with E-state index in [1.165, 1.54) is 0 Å². The van der Waals surface area contributed by atoms with Crippen molar-refractivity contribution in [2.75, 3.05) is 0 Å². The van der Waals surface area contributed by atoms with Crippen LogP contribution in [0.15, 0.2) is 48.5 Å². The van der Waals surface area contributed by atoms with Gasteiger partial charge in [0.05, 0.1) is 0 Å². The summed E-state index contributed by atoms with van der Waals surface area (Å²) < 4.78 is 0. The summed E-state index contributed by atoms with van der Waals surface area (Å²) in [4.78, 5) is 4.08. The molecule has 0 atom stereocenters. The number of halogens is 2. The van der Waals surface area contributed by atoms with Gasteiger partial charge >= 0.3 is 6.01 Å². The van der Waals surface area contributed by atoms with Crippen LogP contribution < -0.4 is 0 Å². The number of benzene rings is 2. The second kappa shape index (κ2) is 5.68. The van der Waals surface area contributed by atoms with E-state index >= 15 is 0 Å². The zero-order valence-electron chi connectivity index (χ0n) is 10.7. The SMILES string of the molecule is Oc1nnc(-c2ccc(Cl)cc2)c(-c2ccc(Cl)cc2)n1. The Hall–Kier alpha value is -2.17. The Morgan fingerprint density at radius 1 is 0.667 bits per heavy atom. The van der Waals surface area contributed by atoms with Gasteiger partial charge in [-0.2, -0.15) is 4.98 Å². The summed E-state index contributed by atoms with van der Waals surface area (Å²) >= 11 is 11.8. The molecule has 2 aromatic carbocycles. The Morgan fingerprint density at radius 3 is 1.67 bits per heavy atom. The number of aromatic nitrogens is 3. The van der Waals surface area contributed by atoms with Crippen LogP contribution in [-0.2, 0) is 0 Å². The molecule has 6 heteroatoms. The highest BCUT2D eigenvalue weighted by Gasteiger charge is 2.13. The van der Waals surface area contributed by atoms with E-state index in [9.17, 15) is 5.11 Å². The first-order chi connectivity index (χ1) is 10.1. The molecule has 0 amide bonds. The molecule has 21 heavy (non-hydrogen) atoms. The molecule has 0 radical (unpaired) electrons. The van der Waals surface area contributed by atoms with Crippen molar-refractivity contribution in [3.8, 4) is 28.5 Å². The van der Waals surface area contributed by atoms with Crippen LogP contribution in [0.5, 0.6) is 6.01 Å². The molecule has 0 aliphatic carbocycles. The van der Waals surface area contributed by atoms with Gasteiger partial charge in [-0.1, -0.05) is 52.6 Å². The molecule has 3 rings (SSSR count). The first-order valence-corrected chi connectivity index (χ1v) is 6.84. The molecule has 0 saturated heterocycles. The topological polar surface area (TPSA) is 58.9 Å². The van der Waals surface area contributed by atoms with Crippen molar-refractivity contribution >= 4 is 23.2 Å². The highest BCUT2D eigenvalue weighted by atomic mass is 35.5. The van der Waals surface area contributed by atoms with Crippen molar-refractivity contribution in [2.45, 2.75) is 0 Å². The fraction of sp³-hybridized carbons (Fsp3) is 0. The average Bonchev–Trinajstić information content (AvgIpc) is 2.49. The van der Waals surface area contributed by atoms with Gasteiger partial charge in [-0.25, -0.2) is 0 Å². The van der Waals surface area contributed by atoms with Crippen molar-refractivity contribution in [1.82, 2.24) is 15.2 Å². The summed E-state index contributed by atoms with van der Waals surface area (Å²) in [6, 6.07) is 13.9. The van der Waals surface area contributed by atoms with E-state index in [1.807, 2.05) is 24.3 Å². The molecule has 4 nitrogen and oxygen atoms in total. The van der Waals surface area contributed by atoms with Crippen LogP contribution >= 0.6 is 23.2 Å². The Balaban J connectivity index is 2.17. The minimum absolute atomic E-state index is 0.377. The van der Waals surface area contributed by atoms with Crippen molar-refractivity contribution in [2.24, 2.45) is 0 Å². The van der Waals surface area contributed by atoms with Crippen LogP contribution in [0.25, 0.3) is 22.5 Å². The number of hydrogen-bond acceptors (Lipinski definition) is 4. The summed E-state index contributed by atoms with van der Waals surface area (Å²) in [5, 5.41) is 18.4. The predicted molar refractivity (Wildman–Crippen MR) is 82.4 cm³/mol. The van der Waals surface area contributed by atoms with Gasteiger partial charge in [0.25, 0.3) is 0 Å². The number of nitrogens with zero attached hydrogens (tertiary/aromatic N) is 3. The summed E-state index contributed by atoms with van der Waals surface area (Å²) in [5.41, 5.74) is 2.69. The highest BCUT2D eigenvalue weighted by Crippen LogP contribution is 2.30. The van der Waals surface area contributed by atoms with Gasteiger partial charge in [0.15, 0.2) is 0 Å². The van der Waals surface area contributed by atoms with E-state index < -0.39 is 0 Å². The minimum Gasteiger partial charge on any atom is -0.478 e. The summed E-state index contributed by atoms with van der Waals surface area (Å²) in [6.45, 7) is 0. The zero-order valence-corrected chi connectivity index (χ0v) is 12.2. The molecule has 1 aromatic heterocycles. The van der Waals surface area contributed by atoms with Gasteiger partial charge in [0, 0.05) is 21.2 Å². The van der Waals surface area contributed by atoms with E-state index in [-0.39, 0.29) is 6.01 Å². The van der Waals surface area contributed by atoms with E-state index in [0.29, 0.717) is 21.4 Å². The van der Waals surface area contributed by atoms with Crippen LogP contribution in [0, 0.1) is 0 Å². The Kier molecular flexibility index (Phi) is 3.73. The smallest absolute Gasteiger partial charge is 0.333 e. The Labute approximate surface area is 131 Å². The Morgan fingerprint density at radius 2 is 1.14 bits per heavy atom. The van der Waals surface area contributed by atoms with Crippen molar-refractivity contribution < 1.29 is 5.11 Å². The van der Waals surface area contributed by atoms with Crippen LogP contribution in [0.2, 0.25) is 10.0 Å². The maximum Gasteiger partial charge on any atom is 0.333 e. The second-order valence-electron chi connectivity index (χ2n) is 4.32. The lowest BCUT2D eigenvalue weighted by atomic mass is 10.0. The molecule has 1 heterocycles. The monoisotopic (exact) mass is 317 g/mol. The number of rotatable bonds is 2. The zero-order chi connectivity index (χ0) is 14.8. The Bertz CT molecular complexity index is 774. The van der Waals surface area contributed by atoms with E-state index in [0.717, 1.165) is 11.1 Å². The number of aromatic hydroxyl groups is 1. The van der Waals surface area contributed by atoms with Crippen molar-refractivity contribution in [3.05, 3.63) is 58.6 Å². The molecule has 1 N–H and O–H groups in total. The first-order valence-electron chi connectivity index (χ1n) is 6.09. The van der Waals surface area contributed by atoms with Crippen LogP contribution in [0.1, 0.15) is 0 Å². The van der Waals surface area contributed by atoms with Crippen LogP contribution in [0.4, 0.5) is 0 Å². The van der Waals surface area contributed by atoms with Crippen LogP contribution in [0.3, 0.4) is 0 Å². The van der Waals surface area contributed by atoms with Gasteiger partial charge in [-0.05, 0) is 24.3 Å². The number of hydrogen-bond donors (Lipinski definition) is 1. The molecular formula is C15H9Cl2N3O. The molecule has 0 unspecified atom stereocenters. The second-order valence-corrected chi connectivity index (χ2v) is 5.20. The molecule has 3 aromatic rings.